The van der Waals surface area contributed by atoms with Crippen LogP contribution in [0.1, 0.15) is 41.5 Å². The molecule has 1 aromatic heterocycles. The van der Waals surface area contributed by atoms with Gasteiger partial charge in [-0.2, -0.15) is 4.98 Å². The Labute approximate surface area is 236 Å². The molecule has 40 heavy (non-hydrogen) atoms. The van der Waals surface area contributed by atoms with E-state index < -0.39 is 0 Å². The minimum Gasteiger partial charge on any atom is -0.340 e. The standard InChI is InChI=1S/C33H37N5O2/c1-25-10-8-9-15-29(25)32-34-30(40-35-32)24-36-18-16-28(17-19-36)33(39)38-22-20-37(21-23-38)31(26-11-4-2-5-12-26)27-13-6-3-7-14-27/h2-15,28,31H,16-24H2,1H3. The van der Waals surface area contributed by atoms with Gasteiger partial charge in [-0.3, -0.25) is 14.6 Å². The zero-order valence-corrected chi connectivity index (χ0v) is 23.2. The number of carbonyl (C=O) groups is 1. The second-order valence-corrected chi connectivity index (χ2v) is 11.0. The molecular weight excluding hydrogens is 498 g/mol. The first-order valence-electron chi connectivity index (χ1n) is 14.4. The van der Waals surface area contributed by atoms with Crippen LogP contribution in [0.3, 0.4) is 0 Å². The molecule has 0 bridgehead atoms. The molecule has 2 aliphatic heterocycles. The van der Waals surface area contributed by atoms with Crippen molar-refractivity contribution in [3.63, 3.8) is 0 Å². The van der Waals surface area contributed by atoms with Gasteiger partial charge in [0.15, 0.2) is 0 Å². The fourth-order valence-electron chi connectivity index (χ4n) is 6.13. The Kier molecular flexibility index (Phi) is 8.02. The normalized spacial score (nSPS) is 17.4. The lowest BCUT2D eigenvalue weighted by Gasteiger charge is -2.41. The largest absolute Gasteiger partial charge is 0.340 e. The average molecular weight is 536 g/mol. The lowest BCUT2D eigenvalue weighted by Crippen LogP contribution is -2.52. The van der Waals surface area contributed by atoms with E-state index in [0.29, 0.717) is 24.2 Å². The third-order valence-electron chi connectivity index (χ3n) is 8.37. The van der Waals surface area contributed by atoms with Crippen molar-refractivity contribution in [1.82, 2.24) is 24.8 Å². The summed E-state index contributed by atoms with van der Waals surface area (Å²) in [6.45, 7) is 7.71. The van der Waals surface area contributed by atoms with Crippen LogP contribution in [0.15, 0.2) is 89.5 Å². The SMILES string of the molecule is Cc1ccccc1-c1noc(CN2CCC(C(=O)N3CCN(C(c4ccccc4)c4ccccc4)CC3)CC2)n1. The van der Waals surface area contributed by atoms with Gasteiger partial charge < -0.3 is 9.42 Å². The van der Waals surface area contributed by atoms with Crippen LogP contribution in [0.4, 0.5) is 0 Å². The maximum absolute atomic E-state index is 13.5. The number of aromatic nitrogens is 2. The molecule has 2 fully saturated rings. The van der Waals surface area contributed by atoms with Crippen LogP contribution < -0.4 is 0 Å². The number of piperazine rings is 1. The van der Waals surface area contributed by atoms with Crippen LogP contribution in [0.2, 0.25) is 0 Å². The van der Waals surface area contributed by atoms with Gasteiger partial charge in [-0.25, -0.2) is 0 Å². The van der Waals surface area contributed by atoms with Crippen molar-refractivity contribution in [3.8, 4) is 11.4 Å². The van der Waals surface area contributed by atoms with Crippen molar-refractivity contribution in [2.24, 2.45) is 5.92 Å². The van der Waals surface area contributed by atoms with Crippen molar-refractivity contribution >= 4 is 5.91 Å². The highest BCUT2D eigenvalue weighted by Gasteiger charge is 2.33. The predicted octanol–water partition coefficient (Wildman–Crippen LogP) is 5.19. The number of likely N-dealkylation sites (tertiary alicyclic amines) is 1. The monoisotopic (exact) mass is 535 g/mol. The summed E-state index contributed by atoms with van der Waals surface area (Å²) in [5.41, 5.74) is 4.73. The van der Waals surface area contributed by atoms with Crippen LogP contribution in [-0.2, 0) is 11.3 Å². The molecule has 0 aliphatic carbocycles. The number of aryl methyl sites for hydroxylation is 1. The smallest absolute Gasteiger partial charge is 0.241 e. The Morgan fingerprint density at radius 3 is 2.05 bits per heavy atom. The molecule has 0 N–H and O–H groups in total. The fraction of sp³-hybridized carbons (Fsp3) is 0.364. The van der Waals surface area contributed by atoms with Crippen LogP contribution in [0.5, 0.6) is 0 Å². The molecule has 7 heteroatoms. The van der Waals surface area contributed by atoms with E-state index in [0.717, 1.165) is 63.2 Å². The Hall–Kier alpha value is -3.81. The molecule has 0 spiro atoms. The molecule has 6 rings (SSSR count). The zero-order chi connectivity index (χ0) is 27.3. The van der Waals surface area contributed by atoms with E-state index in [9.17, 15) is 4.79 Å². The van der Waals surface area contributed by atoms with E-state index in [-0.39, 0.29) is 12.0 Å². The van der Waals surface area contributed by atoms with Gasteiger partial charge in [-0.1, -0.05) is 90.1 Å². The van der Waals surface area contributed by atoms with E-state index in [1.54, 1.807) is 0 Å². The van der Waals surface area contributed by atoms with Crippen molar-refractivity contribution in [2.75, 3.05) is 39.3 Å². The lowest BCUT2D eigenvalue weighted by molar-refractivity contribution is -0.139. The summed E-state index contributed by atoms with van der Waals surface area (Å²) in [6.07, 6.45) is 1.74. The first-order valence-corrected chi connectivity index (χ1v) is 14.4. The molecule has 3 heterocycles. The summed E-state index contributed by atoms with van der Waals surface area (Å²) in [5.74, 6) is 1.67. The number of hydrogen-bond donors (Lipinski definition) is 0. The predicted molar refractivity (Wildman–Crippen MR) is 155 cm³/mol. The Morgan fingerprint density at radius 1 is 0.825 bits per heavy atom. The van der Waals surface area contributed by atoms with Gasteiger partial charge in [0.25, 0.3) is 0 Å². The van der Waals surface area contributed by atoms with E-state index in [1.807, 2.05) is 18.2 Å². The van der Waals surface area contributed by atoms with Gasteiger partial charge >= 0.3 is 0 Å². The average Bonchev–Trinajstić information content (AvgIpc) is 3.47. The highest BCUT2D eigenvalue weighted by Crippen LogP contribution is 2.30. The number of benzene rings is 3. The number of piperidine rings is 1. The van der Waals surface area contributed by atoms with Gasteiger partial charge in [-0.05, 0) is 49.5 Å². The number of rotatable bonds is 7. The Bertz CT molecular complexity index is 1350. The molecule has 2 saturated heterocycles. The van der Waals surface area contributed by atoms with Gasteiger partial charge in [0.1, 0.15) is 0 Å². The summed E-state index contributed by atoms with van der Waals surface area (Å²) in [5, 5.41) is 4.20. The third kappa shape index (κ3) is 5.86. The third-order valence-corrected chi connectivity index (χ3v) is 8.37. The summed E-state index contributed by atoms with van der Waals surface area (Å²) in [7, 11) is 0. The zero-order valence-electron chi connectivity index (χ0n) is 23.2. The molecule has 7 nitrogen and oxygen atoms in total. The van der Waals surface area contributed by atoms with Crippen LogP contribution in [0.25, 0.3) is 11.4 Å². The number of nitrogens with zero attached hydrogens (tertiary/aromatic N) is 5. The highest BCUT2D eigenvalue weighted by molar-refractivity contribution is 5.79. The Balaban J connectivity index is 1.02. The topological polar surface area (TPSA) is 65.7 Å². The van der Waals surface area contributed by atoms with E-state index in [4.69, 9.17) is 4.52 Å². The summed E-state index contributed by atoms with van der Waals surface area (Å²) >= 11 is 0. The highest BCUT2D eigenvalue weighted by atomic mass is 16.5. The number of amides is 1. The van der Waals surface area contributed by atoms with Gasteiger partial charge in [-0.15, -0.1) is 0 Å². The van der Waals surface area contributed by atoms with Crippen molar-refractivity contribution < 1.29 is 9.32 Å². The van der Waals surface area contributed by atoms with Gasteiger partial charge in [0.2, 0.25) is 17.6 Å². The molecule has 3 aromatic carbocycles. The number of hydrogen-bond acceptors (Lipinski definition) is 6. The lowest BCUT2D eigenvalue weighted by atomic mass is 9.94. The molecule has 0 saturated carbocycles. The summed E-state index contributed by atoms with van der Waals surface area (Å²) in [6, 6.07) is 29.7. The van der Waals surface area contributed by atoms with Gasteiger partial charge in [0, 0.05) is 37.7 Å². The van der Waals surface area contributed by atoms with E-state index >= 15 is 0 Å². The molecule has 0 radical (unpaired) electrons. The maximum Gasteiger partial charge on any atom is 0.241 e. The first-order chi connectivity index (χ1) is 19.7. The molecule has 206 valence electrons. The molecule has 4 aromatic rings. The first kappa shape index (κ1) is 26.4. The second kappa shape index (κ2) is 12.1. The minimum absolute atomic E-state index is 0.0899. The summed E-state index contributed by atoms with van der Waals surface area (Å²) in [4.78, 5) is 25.0. The summed E-state index contributed by atoms with van der Waals surface area (Å²) < 4.78 is 5.56. The molecule has 2 aliphatic rings. The minimum atomic E-state index is 0.0899. The van der Waals surface area contributed by atoms with E-state index in [1.165, 1.54) is 11.1 Å². The van der Waals surface area contributed by atoms with Crippen LogP contribution >= 0.6 is 0 Å². The van der Waals surface area contributed by atoms with Crippen molar-refractivity contribution in [3.05, 3.63) is 108 Å². The second-order valence-electron chi connectivity index (χ2n) is 11.0. The van der Waals surface area contributed by atoms with Crippen LogP contribution in [-0.4, -0.2) is 70.0 Å². The molecule has 0 unspecified atom stereocenters. The Morgan fingerprint density at radius 2 is 1.43 bits per heavy atom. The molecule has 1 amide bonds. The maximum atomic E-state index is 13.5. The fourth-order valence-corrected chi connectivity index (χ4v) is 6.13. The molecule has 0 atom stereocenters. The van der Waals surface area contributed by atoms with Gasteiger partial charge in [0.05, 0.1) is 12.6 Å². The molecular formula is C33H37N5O2. The van der Waals surface area contributed by atoms with Crippen molar-refractivity contribution in [1.29, 1.82) is 0 Å². The van der Waals surface area contributed by atoms with E-state index in [2.05, 4.69) is 98.5 Å². The number of carbonyl (C=O) groups excluding carboxylic acids is 1. The van der Waals surface area contributed by atoms with Crippen molar-refractivity contribution in [2.45, 2.75) is 32.4 Å². The van der Waals surface area contributed by atoms with Crippen LogP contribution in [0, 0.1) is 12.8 Å². The quantitative estimate of drug-likeness (QED) is 0.325.